The Morgan fingerprint density at radius 3 is 1.82 bits per heavy atom. The van der Waals surface area contributed by atoms with Gasteiger partial charge in [-0.15, -0.1) is 0 Å². The van der Waals surface area contributed by atoms with Crippen LogP contribution in [0.4, 0.5) is 0 Å². The average molecular weight is 457 g/mol. The van der Waals surface area contributed by atoms with Gasteiger partial charge in [0.1, 0.15) is 0 Å². The van der Waals surface area contributed by atoms with Crippen molar-refractivity contribution in [2.24, 2.45) is 0 Å². The third kappa shape index (κ3) is 5.00. The minimum Gasteiger partial charge on any atom is -0.320 e. The van der Waals surface area contributed by atoms with Crippen molar-refractivity contribution >= 4 is 45.8 Å². The van der Waals surface area contributed by atoms with Gasteiger partial charge in [0.05, 0.1) is 0 Å². The molecule has 2 aromatic carbocycles. The number of allylic oxidation sites excluding steroid dienone is 2. The zero-order valence-electron chi connectivity index (χ0n) is 17.1. The van der Waals surface area contributed by atoms with Crippen LogP contribution in [-0.2, 0) is 12.8 Å². The van der Waals surface area contributed by atoms with Gasteiger partial charge in [0.2, 0.25) is 0 Å². The van der Waals surface area contributed by atoms with E-state index in [1.54, 1.807) is 0 Å². The Balaban J connectivity index is 0.000000188. The smallest absolute Gasteiger partial charge is 0.320 e. The first kappa shape index (κ1) is 21.4. The summed E-state index contributed by atoms with van der Waals surface area (Å²) in [5.41, 5.74) is 6.82. The molecule has 146 valence electrons. The van der Waals surface area contributed by atoms with Crippen LogP contribution in [-0.4, -0.2) is 23.2 Å². The third-order valence-electron chi connectivity index (χ3n) is 5.28. The van der Waals surface area contributed by atoms with Crippen LogP contribution in [0.2, 0.25) is 0 Å². The second-order valence-corrected chi connectivity index (χ2v) is 9.46. The molecule has 0 bridgehead atoms. The van der Waals surface area contributed by atoms with E-state index in [4.69, 9.17) is 11.5 Å². The maximum Gasteiger partial charge on any atom is 0.361 e. The van der Waals surface area contributed by atoms with Crippen LogP contribution in [0.1, 0.15) is 49.9 Å². The summed E-state index contributed by atoms with van der Waals surface area (Å²) in [6.07, 6.45) is 6.48. The first-order chi connectivity index (χ1) is 13.4. The Bertz CT molecular complexity index is 880. The Labute approximate surface area is 183 Å². The van der Waals surface area contributed by atoms with Crippen molar-refractivity contribution in [2.45, 2.75) is 52.6 Å². The SMILES string of the molecule is BrC1=Cc2ccccc2C1.CC(C)N(B(Cl)C1=Cc2ccccc2C1)C(C)C. The molecule has 4 rings (SSSR count). The highest BCUT2D eigenvalue weighted by Gasteiger charge is 2.31. The van der Waals surface area contributed by atoms with Crippen LogP contribution in [0.5, 0.6) is 0 Å². The minimum absolute atomic E-state index is 0.00241. The molecule has 0 amide bonds. The number of halogens is 2. The number of nitrogens with zero attached hydrogens (tertiary/aromatic N) is 1. The molecule has 0 atom stereocenters. The average Bonchev–Trinajstić information content (AvgIpc) is 3.23. The van der Waals surface area contributed by atoms with E-state index in [0.29, 0.717) is 12.1 Å². The van der Waals surface area contributed by atoms with Crippen LogP contribution >= 0.6 is 27.4 Å². The van der Waals surface area contributed by atoms with Gasteiger partial charge >= 0.3 is 6.26 Å². The van der Waals surface area contributed by atoms with Gasteiger partial charge in [-0.25, -0.2) is 0 Å². The van der Waals surface area contributed by atoms with Crippen molar-refractivity contribution in [2.75, 3.05) is 0 Å². The first-order valence-corrected chi connectivity index (χ1v) is 11.2. The van der Waals surface area contributed by atoms with Crippen molar-refractivity contribution in [1.82, 2.24) is 4.81 Å². The summed E-state index contributed by atoms with van der Waals surface area (Å²) in [6, 6.07) is 17.9. The maximum absolute atomic E-state index is 6.69. The fourth-order valence-corrected chi connectivity index (χ4v) is 5.15. The van der Waals surface area contributed by atoms with Crippen LogP contribution in [0.3, 0.4) is 0 Å². The summed E-state index contributed by atoms with van der Waals surface area (Å²) < 4.78 is 1.29. The molecule has 0 unspecified atom stereocenters. The van der Waals surface area contributed by atoms with Crippen molar-refractivity contribution in [3.8, 4) is 0 Å². The summed E-state index contributed by atoms with van der Waals surface area (Å²) in [4.78, 5) is 2.36. The monoisotopic (exact) mass is 455 g/mol. The molecule has 2 aliphatic carbocycles. The Morgan fingerprint density at radius 2 is 1.32 bits per heavy atom. The molecule has 1 nitrogen and oxygen atoms in total. The van der Waals surface area contributed by atoms with Gasteiger partial charge in [-0.05, 0) is 46.8 Å². The molecule has 0 fully saturated rings. The molecular formula is C24H28BBrClN. The summed E-state index contributed by atoms with van der Waals surface area (Å²) in [6.45, 7) is 8.83. The summed E-state index contributed by atoms with van der Waals surface area (Å²) in [7, 11) is 0. The molecule has 0 saturated heterocycles. The highest BCUT2D eigenvalue weighted by atomic mass is 79.9. The molecule has 0 aromatic heterocycles. The van der Waals surface area contributed by atoms with E-state index in [1.807, 2.05) is 0 Å². The van der Waals surface area contributed by atoms with E-state index < -0.39 is 0 Å². The van der Waals surface area contributed by atoms with E-state index in [9.17, 15) is 0 Å². The molecule has 2 aliphatic rings. The lowest BCUT2D eigenvalue weighted by Gasteiger charge is -2.33. The molecule has 0 heterocycles. The lowest BCUT2D eigenvalue weighted by atomic mass is 9.74. The van der Waals surface area contributed by atoms with Crippen molar-refractivity contribution in [1.29, 1.82) is 0 Å². The van der Waals surface area contributed by atoms with E-state index in [1.165, 1.54) is 32.2 Å². The fourth-order valence-electron chi connectivity index (χ4n) is 4.01. The second kappa shape index (κ2) is 9.48. The molecule has 4 heteroatoms. The molecule has 0 spiro atoms. The summed E-state index contributed by atoms with van der Waals surface area (Å²) >= 11 is 10.2. The summed E-state index contributed by atoms with van der Waals surface area (Å²) in [5.74, 6) is 0. The predicted molar refractivity (Wildman–Crippen MR) is 129 cm³/mol. The standard InChI is InChI=1S/C15H21BClN.C9H7Br/c1-11(2)18(12(3)4)16(17)15-9-13-7-5-6-8-14(13)10-15;10-9-5-7-3-1-2-4-8(7)6-9/h5-9,11-12H,10H2,1-4H3;1-5H,6H2. The number of benzene rings is 2. The molecule has 0 N–H and O–H groups in total. The van der Waals surface area contributed by atoms with Gasteiger partial charge in [0, 0.05) is 10.9 Å². The number of fused-ring (bicyclic) bond motifs is 2. The Hall–Kier alpha value is -1.29. The first-order valence-electron chi connectivity index (χ1n) is 10.0. The molecule has 2 aromatic rings. The zero-order chi connectivity index (χ0) is 20.3. The van der Waals surface area contributed by atoms with Crippen LogP contribution in [0, 0.1) is 0 Å². The topological polar surface area (TPSA) is 3.24 Å². The van der Waals surface area contributed by atoms with Gasteiger partial charge in [0.25, 0.3) is 0 Å². The normalized spacial score (nSPS) is 14.5. The number of hydrogen-bond acceptors (Lipinski definition) is 1. The Morgan fingerprint density at radius 1 is 0.821 bits per heavy atom. The van der Waals surface area contributed by atoms with E-state index in [2.05, 4.69) is 109 Å². The lowest BCUT2D eigenvalue weighted by Crippen LogP contribution is -2.46. The maximum atomic E-state index is 6.69. The van der Waals surface area contributed by atoms with Gasteiger partial charge in [0.15, 0.2) is 0 Å². The minimum atomic E-state index is -0.00241. The van der Waals surface area contributed by atoms with Crippen LogP contribution in [0.15, 0.2) is 58.5 Å². The van der Waals surface area contributed by atoms with E-state index in [0.717, 1.165) is 12.8 Å². The van der Waals surface area contributed by atoms with Gasteiger partial charge in [-0.2, -0.15) is 11.5 Å². The molecule has 28 heavy (non-hydrogen) atoms. The van der Waals surface area contributed by atoms with Crippen LogP contribution < -0.4 is 0 Å². The van der Waals surface area contributed by atoms with Gasteiger partial charge in [-0.3, -0.25) is 0 Å². The fraction of sp³-hybridized carbons (Fsp3) is 0.333. The van der Waals surface area contributed by atoms with Crippen molar-refractivity contribution < 1.29 is 0 Å². The molecule has 0 saturated carbocycles. The molecular weight excluding hydrogens is 428 g/mol. The second-order valence-electron chi connectivity index (χ2n) is 8.03. The quantitative estimate of drug-likeness (QED) is 0.448. The summed E-state index contributed by atoms with van der Waals surface area (Å²) in [5, 5.41) is 0. The zero-order valence-corrected chi connectivity index (χ0v) is 19.5. The predicted octanol–water partition coefficient (Wildman–Crippen LogP) is 6.99. The van der Waals surface area contributed by atoms with Crippen LogP contribution in [0.25, 0.3) is 12.2 Å². The number of hydrogen-bond donors (Lipinski definition) is 0. The van der Waals surface area contributed by atoms with E-state index >= 15 is 0 Å². The third-order valence-corrected chi connectivity index (χ3v) is 6.29. The highest BCUT2D eigenvalue weighted by Crippen LogP contribution is 2.30. The molecule has 0 aliphatic heterocycles. The van der Waals surface area contributed by atoms with Crippen molar-refractivity contribution in [3.05, 3.63) is 80.7 Å². The van der Waals surface area contributed by atoms with E-state index in [-0.39, 0.29) is 6.26 Å². The molecule has 0 radical (unpaired) electrons. The Kier molecular flexibility index (Phi) is 7.25. The van der Waals surface area contributed by atoms with Crippen molar-refractivity contribution in [3.63, 3.8) is 0 Å². The highest BCUT2D eigenvalue weighted by molar-refractivity contribution is 9.11. The van der Waals surface area contributed by atoms with Gasteiger partial charge in [-0.1, -0.05) is 104 Å². The lowest BCUT2D eigenvalue weighted by molar-refractivity contribution is 0.311. The van der Waals surface area contributed by atoms with Gasteiger partial charge < -0.3 is 4.81 Å². The number of rotatable bonds is 4. The largest absolute Gasteiger partial charge is 0.361 e.